The number of fused-ring (bicyclic) bond motifs is 1. The van der Waals surface area contributed by atoms with Crippen LogP contribution in [0.3, 0.4) is 0 Å². The third-order valence-electron chi connectivity index (χ3n) is 5.37. The predicted molar refractivity (Wildman–Crippen MR) is 85.0 cm³/mol. The van der Waals surface area contributed by atoms with Crippen molar-refractivity contribution in [3.8, 4) is 0 Å². The van der Waals surface area contributed by atoms with Crippen molar-refractivity contribution in [2.75, 3.05) is 26.2 Å². The van der Waals surface area contributed by atoms with Crippen molar-refractivity contribution in [2.45, 2.75) is 19.4 Å². The van der Waals surface area contributed by atoms with Crippen LogP contribution in [0.2, 0.25) is 0 Å². The molecule has 3 fully saturated rings. The minimum atomic E-state index is -0.132. The maximum Gasteiger partial charge on any atom is 0.270 e. The average molecular weight is 335 g/mol. The number of thiazole rings is 1. The molecule has 23 heavy (non-hydrogen) atoms. The van der Waals surface area contributed by atoms with Crippen LogP contribution in [0.1, 0.15) is 23.8 Å². The molecule has 5 atom stereocenters. The lowest BCUT2D eigenvalue weighted by atomic mass is 9.93. The molecule has 0 aromatic carbocycles. The van der Waals surface area contributed by atoms with Gasteiger partial charge < -0.3 is 15.0 Å². The van der Waals surface area contributed by atoms with Gasteiger partial charge in [-0.1, -0.05) is 6.92 Å². The lowest BCUT2D eigenvalue weighted by molar-refractivity contribution is -0.132. The fourth-order valence-electron chi connectivity index (χ4n) is 3.73. The molecule has 0 radical (unpaired) electrons. The summed E-state index contributed by atoms with van der Waals surface area (Å²) in [6, 6.07) is 0. The molecule has 4 rings (SSSR count). The van der Waals surface area contributed by atoms with Crippen molar-refractivity contribution >= 4 is 23.2 Å². The van der Waals surface area contributed by atoms with Crippen LogP contribution >= 0.6 is 11.3 Å². The smallest absolute Gasteiger partial charge is 0.270 e. The Morgan fingerprint density at radius 1 is 1.48 bits per heavy atom. The van der Waals surface area contributed by atoms with E-state index in [1.165, 1.54) is 11.3 Å². The third kappa shape index (κ3) is 2.87. The fraction of sp³-hybridized carbons (Fsp3) is 0.688. The van der Waals surface area contributed by atoms with Crippen LogP contribution < -0.4 is 5.32 Å². The molecule has 2 unspecified atom stereocenters. The van der Waals surface area contributed by atoms with Gasteiger partial charge in [0.1, 0.15) is 5.69 Å². The van der Waals surface area contributed by atoms with Gasteiger partial charge in [0, 0.05) is 42.8 Å². The summed E-state index contributed by atoms with van der Waals surface area (Å²) < 4.78 is 5.86. The third-order valence-corrected chi connectivity index (χ3v) is 5.95. The summed E-state index contributed by atoms with van der Waals surface area (Å²) in [7, 11) is 0. The number of carbonyl (C=O) groups excluding carboxylic acids is 2. The van der Waals surface area contributed by atoms with Gasteiger partial charge in [0.15, 0.2) is 0 Å². The molecule has 1 N–H and O–H groups in total. The Balaban J connectivity index is 1.31. The zero-order valence-corrected chi connectivity index (χ0v) is 13.9. The molecule has 1 aliphatic carbocycles. The van der Waals surface area contributed by atoms with Gasteiger partial charge in [-0.15, -0.1) is 11.3 Å². The van der Waals surface area contributed by atoms with Crippen LogP contribution in [0.4, 0.5) is 0 Å². The first-order valence-electron chi connectivity index (χ1n) is 8.20. The van der Waals surface area contributed by atoms with Crippen molar-refractivity contribution in [1.29, 1.82) is 0 Å². The fourth-order valence-corrected chi connectivity index (χ4v) is 4.26. The number of aromatic nitrogens is 1. The number of ether oxygens (including phenoxy) is 1. The van der Waals surface area contributed by atoms with Gasteiger partial charge in [0.2, 0.25) is 5.91 Å². The predicted octanol–water partition coefficient (Wildman–Crippen LogP) is 1.00. The van der Waals surface area contributed by atoms with E-state index in [1.807, 2.05) is 4.90 Å². The number of likely N-dealkylation sites (tertiary alicyclic amines) is 1. The SMILES string of the molecule is CC1CC1C(=O)N1C[C@@H]2[C@@H](CNC(=O)c3cscn3)CO[C@@H]2C1. The largest absolute Gasteiger partial charge is 0.376 e. The van der Waals surface area contributed by atoms with E-state index >= 15 is 0 Å². The summed E-state index contributed by atoms with van der Waals surface area (Å²) in [5, 5.41) is 4.69. The van der Waals surface area contributed by atoms with E-state index in [1.54, 1.807) is 10.9 Å². The molecule has 0 bridgehead atoms. The Labute approximate surface area is 139 Å². The molecule has 7 heteroatoms. The monoisotopic (exact) mass is 335 g/mol. The van der Waals surface area contributed by atoms with Gasteiger partial charge in [-0.3, -0.25) is 9.59 Å². The van der Waals surface area contributed by atoms with E-state index in [9.17, 15) is 9.59 Å². The second-order valence-electron chi connectivity index (χ2n) is 6.94. The number of amides is 2. The van der Waals surface area contributed by atoms with E-state index < -0.39 is 0 Å². The molecule has 0 spiro atoms. The molecular weight excluding hydrogens is 314 g/mol. The Hall–Kier alpha value is -1.47. The quantitative estimate of drug-likeness (QED) is 0.891. The molecule has 3 aliphatic rings. The summed E-state index contributed by atoms with van der Waals surface area (Å²) in [6.45, 7) is 4.86. The Morgan fingerprint density at radius 3 is 3.00 bits per heavy atom. The maximum absolute atomic E-state index is 12.4. The second-order valence-corrected chi connectivity index (χ2v) is 7.66. The lowest BCUT2D eigenvalue weighted by Gasteiger charge is -2.20. The Morgan fingerprint density at radius 2 is 2.30 bits per heavy atom. The van der Waals surface area contributed by atoms with Crippen molar-refractivity contribution in [3.63, 3.8) is 0 Å². The topological polar surface area (TPSA) is 71.5 Å². The van der Waals surface area contributed by atoms with E-state index in [0.29, 0.717) is 43.1 Å². The van der Waals surface area contributed by atoms with Crippen LogP contribution in [-0.2, 0) is 9.53 Å². The highest BCUT2D eigenvalue weighted by atomic mass is 32.1. The van der Waals surface area contributed by atoms with Gasteiger partial charge in [0.25, 0.3) is 5.91 Å². The van der Waals surface area contributed by atoms with Crippen molar-refractivity contribution in [1.82, 2.24) is 15.2 Å². The van der Waals surface area contributed by atoms with E-state index in [0.717, 1.165) is 13.0 Å². The molecule has 1 aromatic heterocycles. The number of hydrogen-bond donors (Lipinski definition) is 1. The molecule has 2 amide bonds. The molecule has 1 saturated carbocycles. The van der Waals surface area contributed by atoms with Crippen LogP contribution in [0.5, 0.6) is 0 Å². The molecular formula is C16H21N3O3S. The average Bonchev–Trinajstić information content (AvgIpc) is 2.99. The summed E-state index contributed by atoms with van der Waals surface area (Å²) in [6.07, 6.45) is 1.16. The van der Waals surface area contributed by atoms with Crippen molar-refractivity contribution < 1.29 is 14.3 Å². The van der Waals surface area contributed by atoms with E-state index in [4.69, 9.17) is 4.74 Å². The first kappa shape index (κ1) is 15.1. The zero-order valence-electron chi connectivity index (χ0n) is 13.1. The molecule has 1 aromatic rings. The number of rotatable bonds is 4. The highest BCUT2D eigenvalue weighted by Crippen LogP contribution is 2.41. The minimum absolute atomic E-state index is 0.132. The van der Waals surface area contributed by atoms with E-state index in [2.05, 4.69) is 17.2 Å². The Kier molecular flexibility index (Phi) is 3.85. The molecule has 124 valence electrons. The summed E-state index contributed by atoms with van der Waals surface area (Å²) >= 11 is 1.41. The lowest BCUT2D eigenvalue weighted by Crippen LogP contribution is -2.36. The highest BCUT2D eigenvalue weighted by Gasteiger charge is 2.49. The van der Waals surface area contributed by atoms with Gasteiger partial charge in [0.05, 0.1) is 18.2 Å². The number of nitrogens with one attached hydrogen (secondary N) is 1. The van der Waals surface area contributed by atoms with Gasteiger partial charge in [-0.2, -0.15) is 0 Å². The zero-order chi connectivity index (χ0) is 16.0. The number of nitrogens with zero attached hydrogens (tertiary/aromatic N) is 2. The first-order valence-corrected chi connectivity index (χ1v) is 9.14. The highest BCUT2D eigenvalue weighted by molar-refractivity contribution is 7.07. The summed E-state index contributed by atoms with van der Waals surface area (Å²) in [5.41, 5.74) is 2.12. The van der Waals surface area contributed by atoms with Crippen molar-refractivity contribution in [2.24, 2.45) is 23.7 Å². The van der Waals surface area contributed by atoms with Crippen molar-refractivity contribution in [3.05, 3.63) is 16.6 Å². The standard InChI is InChI=1S/C16H21N3O3S/c1-9-2-11(9)16(21)19-4-12-10(6-22-14(12)5-19)3-17-15(20)13-7-23-8-18-13/h7-12,14H,2-6H2,1H3,(H,17,20)/t9?,10-,11?,12+,14+/m0/s1. The summed E-state index contributed by atoms with van der Waals surface area (Å²) in [5.74, 6) is 1.54. The van der Waals surface area contributed by atoms with Gasteiger partial charge in [-0.25, -0.2) is 4.98 Å². The van der Waals surface area contributed by atoms with Gasteiger partial charge >= 0.3 is 0 Å². The van der Waals surface area contributed by atoms with Crippen LogP contribution in [0, 0.1) is 23.7 Å². The van der Waals surface area contributed by atoms with Crippen LogP contribution in [0.15, 0.2) is 10.9 Å². The van der Waals surface area contributed by atoms with Crippen LogP contribution in [-0.4, -0.2) is 54.0 Å². The summed E-state index contributed by atoms with van der Waals surface area (Å²) in [4.78, 5) is 30.3. The molecule has 2 saturated heterocycles. The molecule has 3 heterocycles. The minimum Gasteiger partial charge on any atom is -0.376 e. The van der Waals surface area contributed by atoms with Gasteiger partial charge in [-0.05, 0) is 12.3 Å². The van der Waals surface area contributed by atoms with E-state index in [-0.39, 0.29) is 23.8 Å². The maximum atomic E-state index is 12.4. The molecule has 6 nitrogen and oxygen atoms in total. The number of carbonyl (C=O) groups is 2. The Bertz CT molecular complexity index is 606. The molecule has 2 aliphatic heterocycles. The first-order chi connectivity index (χ1) is 11.1. The number of hydrogen-bond acceptors (Lipinski definition) is 5. The normalized spacial score (nSPS) is 35.2. The van der Waals surface area contributed by atoms with Crippen LogP contribution in [0.25, 0.3) is 0 Å². The second kappa shape index (κ2) is 5.87.